The minimum atomic E-state index is -0.368. The maximum Gasteiger partial charge on any atom is 0.329 e. The summed E-state index contributed by atoms with van der Waals surface area (Å²) in [5.74, 6) is 4.99. The molecule has 0 aliphatic rings. The lowest BCUT2D eigenvalue weighted by Crippen LogP contribution is -2.39. The molecule has 0 fully saturated rings. The van der Waals surface area contributed by atoms with Crippen LogP contribution in [-0.2, 0) is 19.4 Å². The number of nitrogens with two attached hydrogens (primary N) is 1. The molecule has 5 nitrogen and oxygen atoms in total. The normalized spacial score (nSPS) is 9.90. The van der Waals surface area contributed by atoms with Crippen LogP contribution in [0.3, 0.4) is 0 Å². The summed E-state index contributed by atoms with van der Waals surface area (Å²) in [5.41, 5.74) is 3.19. The van der Waals surface area contributed by atoms with Gasteiger partial charge in [0.1, 0.15) is 0 Å². The quantitative estimate of drug-likeness (QED) is 0.447. The van der Waals surface area contributed by atoms with Crippen LogP contribution >= 0.6 is 35.1 Å². The van der Waals surface area contributed by atoms with Crippen LogP contribution in [0.4, 0.5) is 4.79 Å². The number of hydrazine groups is 1. The fourth-order valence-electron chi connectivity index (χ4n) is 1.64. The van der Waals surface area contributed by atoms with E-state index in [9.17, 15) is 4.79 Å². The lowest BCUT2D eigenvalue weighted by molar-refractivity contribution is 0.241. The van der Waals surface area contributed by atoms with Gasteiger partial charge < -0.3 is 5.32 Å². The van der Waals surface area contributed by atoms with Crippen molar-refractivity contribution in [1.82, 2.24) is 15.7 Å². The van der Waals surface area contributed by atoms with Crippen molar-refractivity contribution < 1.29 is 4.79 Å². The third-order valence-corrected chi connectivity index (χ3v) is 4.53. The lowest BCUT2D eigenvalue weighted by Gasteiger charge is -2.00. The number of hydrogen-bond acceptors (Lipinski definition) is 5. The predicted octanol–water partition coefficient (Wildman–Crippen LogP) is 2.39. The summed E-state index contributed by atoms with van der Waals surface area (Å²) in [6.45, 7) is 2.52. The van der Waals surface area contributed by atoms with Crippen LogP contribution in [0.1, 0.15) is 20.5 Å². The van der Waals surface area contributed by atoms with Gasteiger partial charge in [-0.05, 0) is 31.9 Å². The van der Waals surface area contributed by atoms with Crippen molar-refractivity contribution in [3.05, 3.63) is 38.0 Å². The number of nitrogens with zero attached hydrogens (tertiary/aromatic N) is 1. The van der Waals surface area contributed by atoms with E-state index in [0.29, 0.717) is 6.54 Å². The molecule has 0 bridgehead atoms. The molecular formula is C12H17ClN4OS2. The van der Waals surface area contributed by atoms with E-state index in [2.05, 4.69) is 21.7 Å². The van der Waals surface area contributed by atoms with Crippen molar-refractivity contribution in [2.45, 2.75) is 26.3 Å². The third-order valence-electron chi connectivity index (χ3n) is 2.57. The van der Waals surface area contributed by atoms with Crippen LogP contribution in [0, 0.1) is 6.92 Å². The number of carbonyl (C=O) groups is 1. The van der Waals surface area contributed by atoms with Crippen LogP contribution in [0.25, 0.3) is 0 Å². The molecule has 2 aromatic rings. The Labute approximate surface area is 132 Å². The van der Waals surface area contributed by atoms with Crippen LogP contribution in [0.15, 0.2) is 17.5 Å². The monoisotopic (exact) mass is 332 g/mol. The van der Waals surface area contributed by atoms with Gasteiger partial charge in [0.05, 0.1) is 17.2 Å². The highest BCUT2D eigenvalue weighted by Crippen LogP contribution is 2.19. The van der Waals surface area contributed by atoms with Crippen LogP contribution in [-0.4, -0.2) is 11.0 Å². The first-order valence-corrected chi connectivity index (χ1v) is 7.60. The Kier molecular flexibility index (Phi) is 6.94. The van der Waals surface area contributed by atoms with E-state index in [0.717, 1.165) is 28.4 Å². The Bertz CT molecular complexity index is 555. The molecule has 0 aliphatic carbocycles. The second-order valence-corrected chi connectivity index (χ2v) is 6.37. The van der Waals surface area contributed by atoms with Crippen LogP contribution < -0.4 is 16.6 Å². The Morgan fingerprint density at radius 1 is 1.35 bits per heavy atom. The van der Waals surface area contributed by atoms with Gasteiger partial charge in [0.25, 0.3) is 0 Å². The summed E-state index contributed by atoms with van der Waals surface area (Å²) in [4.78, 5) is 17.8. The number of urea groups is 1. The number of amides is 2. The predicted molar refractivity (Wildman–Crippen MR) is 85.4 cm³/mol. The number of thiazole rings is 1. The van der Waals surface area contributed by atoms with Crippen molar-refractivity contribution in [3.8, 4) is 0 Å². The summed E-state index contributed by atoms with van der Waals surface area (Å²) >= 11 is 3.39. The number of carbonyl (C=O) groups excluding carboxylic acids is 1. The maximum absolute atomic E-state index is 11.0. The molecule has 2 heterocycles. The third kappa shape index (κ3) is 5.09. The molecule has 0 atom stereocenters. The Balaban J connectivity index is 0.00000200. The van der Waals surface area contributed by atoms with E-state index in [4.69, 9.17) is 5.84 Å². The maximum atomic E-state index is 11.0. The van der Waals surface area contributed by atoms with Gasteiger partial charge in [0, 0.05) is 15.1 Å². The highest BCUT2D eigenvalue weighted by molar-refractivity contribution is 7.12. The van der Waals surface area contributed by atoms with Crippen LogP contribution in [0.2, 0.25) is 0 Å². The van der Waals surface area contributed by atoms with Gasteiger partial charge in [-0.15, -0.1) is 35.1 Å². The molecule has 2 rings (SSSR count). The number of halogens is 1. The number of thiophene rings is 1. The number of hydrogen-bond donors (Lipinski definition) is 3. The lowest BCUT2D eigenvalue weighted by atomic mass is 10.2. The standard InChI is InChI=1S/C12H16N4OS2.ClH/c1-8-15-9(7-18-8)2-3-10-4-5-11(19-10)6-14-12(17)16-13;/h4-5,7H,2-3,6,13H2,1H3,(H2,14,16,17);1H. The Morgan fingerprint density at radius 3 is 2.75 bits per heavy atom. The minimum Gasteiger partial charge on any atom is -0.332 e. The first-order valence-electron chi connectivity index (χ1n) is 5.90. The molecular weight excluding hydrogens is 316 g/mol. The zero-order valence-corrected chi connectivity index (χ0v) is 13.5. The fraction of sp³-hybridized carbons (Fsp3) is 0.333. The average molecular weight is 333 g/mol. The molecule has 0 spiro atoms. The molecule has 20 heavy (non-hydrogen) atoms. The van der Waals surface area contributed by atoms with Gasteiger partial charge >= 0.3 is 6.03 Å². The molecule has 2 aromatic heterocycles. The Hall–Kier alpha value is -1.15. The van der Waals surface area contributed by atoms with Gasteiger partial charge in [-0.25, -0.2) is 15.6 Å². The Morgan fingerprint density at radius 2 is 2.10 bits per heavy atom. The SMILES string of the molecule is Cc1nc(CCc2ccc(CNC(=O)NN)s2)cs1.Cl. The fourth-order valence-corrected chi connectivity index (χ4v) is 3.25. The van der Waals surface area contributed by atoms with Gasteiger partial charge in [-0.2, -0.15) is 0 Å². The molecule has 8 heteroatoms. The number of nitrogens with one attached hydrogen (secondary N) is 2. The minimum absolute atomic E-state index is 0. The van der Waals surface area contributed by atoms with Crippen molar-refractivity contribution in [2.75, 3.05) is 0 Å². The van der Waals surface area contributed by atoms with E-state index in [1.165, 1.54) is 4.88 Å². The van der Waals surface area contributed by atoms with E-state index in [-0.39, 0.29) is 18.4 Å². The molecule has 110 valence electrons. The summed E-state index contributed by atoms with van der Waals surface area (Å²) in [6, 6.07) is 3.76. The number of rotatable bonds is 5. The first kappa shape index (κ1) is 16.9. The second-order valence-electron chi connectivity index (χ2n) is 4.05. The molecule has 4 N–H and O–H groups in total. The van der Waals surface area contributed by atoms with E-state index < -0.39 is 0 Å². The van der Waals surface area contributed by atoms with Gasteiger partial charge in [0.2, 0.25) is 0 Å². The van der Waals surface area contributed by atoms with Gasteiger partial charge in [-0.1, -0.05) is 0 Å². The van der Waals surface area contributed by atoms with E-state index in [1.807, 2.05) is 18.4 Å². The molecule has 2 amide bonds. The van der Waals surface area contributed by atoms with Gasteiger partial charge in [-0.3, -0.25) is 5.43 Å². The van der Waals surface area contributed by atoms with Crippen LogP contribution in [0.5, 0.6) is 0 Å². The second kappa shape index (κ2) is 8.21. The van der Waals surface area contributed by atoms with Crippen molar-refractivity contribution in [1.29, 1.82) is 0 Å². The molecule has 0 aliphatic heterocycles. The highest BCUT2D eigenvalue weighted by Gasteiger charge is 2.04. The highest BCUT2D eigenvalue weighted by atomic mass is 35.5. The average Bonchev–Trinajstić information content (AvgIpc) is 3.02. The van der Waals surface area contributed by atoms with Crippen molar-refractivity contribution in [2.24, 2.45) is 5.84 Å². The number of aromatic nitrogens is 1. The van der Waals surface area contributed by atoms with E-state index in [1.54, 1.807) is 22.7 Å². The molecule has 0 unspecified atom stereocenters. The first-order chi connectivity index (χ1) is 9.17. The zero-order chi connectivity index (χ0) is 13.7. The smallest absolute Gasteiger partial charge is 0.329 e. The number of aryl methyl sites for hydroxylation is 3. The summed E-state index contributed by atoms with van der Waals surface area (Å²) in [7, 11) is 0. The topological polar surface area (TPSA) is 80.0 Å². The molecule has 0 saturated heterocycles. The summed E-state index contributed by atoms with van der Waals surface area (Å²) in [6.07, 6.45) is 1.94. The zero-order valence-electron chi connectivity index (χ0n) is 11.0. The summed E-state index contributed by atoms with van der Waals surface area (Å²) < 4.78 is 0. The summed E-state index contributed by atoms with van der Waals surface area (Å²) in [5, 5.41) is 5.88. The van der Waals surface area contributed by atoms with Crippen molar-refractivity contribution >= 4 is 41.1 Å². The van der Waals surface area contributed by atoms with Gasteiger partial charge in [0.15, 0.2) is 0 Å². The van der Waals surface area contributed by atoms with E-state index >= 15 is 0 Å². The molecule has 0 radical (unpaired) electrons. The largest absolute Gasteiger partial charge is 0.332 e. The molecule has 0 saturated carbocycles. The van der Waals surface area contributed by atoms with Crippen molar-refractivity contribution in [3.63, 3.8) is 0 Å². The molecule has 0 aromatic carbocycles.